The summed E-state index contributed by atoms with van der Waals surface area (Å²) in [5.41, 5.74) is 0.771. The fourth-order valence-electron chi connectivity index (χ4n) is 3.71. The highest BCUT2D eigenvalue weighted by molar-refractivity contribution is 5.33. The molecule has 0 aromatic heterocycles. The summed E-state index contributed by atoms with van der Waals surface area (Å²) < 4.78 is 19.5. The van der Waals surface area contributed by atoms with Gasteiger partial charge in [0.2, 0.25) is 0 Å². The molecule has 0 saturated heterocycles. The van der Waals surface area contributed by atoms with Gasteiger partial charge in [0, 0.05) is 11.6 Å². The SMILES string of the molecule is CCNC(c1cccc(OC)c1F)C1CC2CC2C1. The fourth-order valence-corrected chi connectivity index (χ4v) is 3.71. The van der Waals surface area contributed by atoms with Crippen molar-refractivity contribution in [1.29, 1.82) is 0 Å². The number of rotatable bonds is 5. The second-order valence-corrected chi connectivity index (χ2v) is 5.89. The second-order valence-electron chi connectivity index (χ2n) is 5.89. The van der Waals surface area contributed by atoms with Crippen molar-refractivity contribution in [2.75, 3.05) is 13.7 Å². The third-order valence-corrected chi connectivity index (χ3v) is 4.72. The first-order valence-electron chi connectivity index (χ1n) is 7.30. The standard InChI is InChI=1S/C16H22FNO/c1-3-18-16(12-8-10-7-11(10)9-12)13-5-4-6-14(19-2)15(13)17/h4-6,10-12,16,18H,3,7-9H2,1-2H3. The van der Waals surface area contributed by atoms with Gasteiger partial charge in [0.15, 0.2) is 11.6 Å². The molecule has 19 heavy (non-hydrogen) atoms. The summed E-state index contributed by atoms with van der Waals surface area (Å²) in [5.74, 6) is 2.56. The van der Waals surface area contributed by atoms with Gasteiger partial charge in [0.1, 0.15) is 0 Å². The molecule has 2 nitrogen and oxygen atoms in total. The van der Waals surface area contributed by atoms with Gasteiger partial charge >= 0.3 is 0 Å². The van der Waals surface area contributed by atoms with E-state index in [-0.39, 0.29) is 11.9 Å². The number of hydrogen-bond donors (Lipinski definition) is 1. The van der Waals surface area contributed by atoms with Gasteiger partial charge in [-0.05, 0) is 49.6 Å². The number of fused-ring (bicyclic) bond motifs is 1. The highest BCUT2D eigenvalue weighted by Crippen LogP contribution is 2.57. The van der Waals surface area contributed by atoms with Crippen molar-refractivity contribution in [3.05, 3.63) is 29.6 Å². The smallest absolute Gasteiger partial charge is 0.169 e. The number of benzene rings is 1. The lowest BCUT2D eigenvalue weighted by Crippen LogP contribution is -2.28. The largest absolute Gasteiger partial charge is 0.494 e. The molecule has 1 aromatic rings. The molecule has 2 aliphatic carbocycles. The van der Waals surface area contributed by atoms with Gasteiger partial charge in [-0.1, -0.05) is 19.1 Å². The Morgan fingerprint density at radius 2 is 2.05 bits per heavy atom. The van der Waals surface area contributed by atoms with E-state index in [9.17, 15) is 4.39 Å². The molecule has 0 heterocycles. The van der Waals surface area contributed by atoms with E-state index in [1.807, 2.05) is 12.1 Å². The van der Waals surface area contributed by atoms with E-state index in [1.54, 1.807) is 6.07 Å². The number of ether oxygens (including phenoxy) is 1. The zero-order valence-electron chi connectivity index (χ0n) is 11.7. The Balaban J connectivity index is 1.86. The minimum absolute atomic E-state index is 0.132. The summed E-state index contributed by atoms with van der Waals surface area (Å²) in [6.07, 6.45) is 3.90. The zero-order chi connectivity index (χ0) is 13.4. The van der Waals surface area contributed by atoms with E-state index >= 15 is 0 Å². The van der Waals surface area contributed by atoms with Gasteiger partial charge < -0.3 is 10.1 Å². The van der Waals surface area contributed by atoms with Crippen LogP contribution in [-0.4, -0.2) is 13.7 Å². The van der Waals surface area contributed by atoms with Gasteiger partial charge in [0.25, 0.3) is 0 Å². The summed E-state index contributed by atoms with van der Waals surface area (Å²) in [4.78, 5) is 0. The molecule has 1 aromatic carbocycles. The third-order valence-electron chi connectivity index (χ3n) is 4.72. The van der Waals surface area contributed by atoms with Crippen LogP contribution in [0.4, 0.5) is 4.39 Å². The van der Waals surface area contributed by atoms with Crippen molar-refractivity contribution >= 4 is 0 Å². The maximum Gasteiger partial charge on any atom is 0.169 e. The molecule has 3 unspecified atom stereocenters. The van der Waals surface area contributed by atoms with Gasteiger partial charge in [-0.25, -0.2) is 4.39 Å². The first kappa shape index (κ1) is 12.9. The molecule has 0 aliphatic heterocycles. The van der Waals surface area contributed by atoms with E-state index in [4.69, 9.17) is 4.74 Å². The van der Waals surface area contributed by atoms with Crippen molar-refractivity contribution in [2.24, 2.45) is 17.8 Å². The molecule has 3 rings (SSSR count). The maximum absolute atomic E-state index is 14.4. The molecule has 104 valence electrons. The predicted octanol–water partition coefficient (Wildman–Crippen LogP) is 3.53. The lowest BCUT2D eigenvalue weighted by atomic mass is 9.88. The van der Waals surface area contributed by atoms with Gasteiger partial charge in [-0.3, -0.25) is 0 Å². The Labute approximate surface area is 114 Å². The van der Waals surface area contributed by atoms with Gasteiger partial charge in [-0.15, -0.1) is 0 Å². The second kappa shape index (κ2) is 5.12. The van der Waals surface area contributed by atoms with Crippen molar-refractivity contribution in [3.63, 3.8) is 0 Å². The Hall–Kier alpha value is -1.09. The molecule has 0 radical (unpaired) electrons. The molecule has 0 spiro atoms. The van der Waals surface area contributed by atoms with Crippen LogP contribution in [0.3, 0.4) is 0 Å². The Kier molecular flexibility index (Phi) is 3.48. The zero-order valence-corrected chi connectivity index (χ0v) is 11.7. The van der Waals surface area contributed by atoms with Crippen LogP contribution in [0.15, 0.2) is 18.2 Å². The van der Waals surface area contributed by atoms with Crippen molar-refractivity contribution in [1.82, 2.24) is 5.32 Å². The van der Waals surface area contributed by atoms with E-state index < -0.39 is 0 Å². The Bertz CT molecular complexity index is 452. The summed E-state index contributed by atoms with van der Waals surface area (Å²) in [7, 11) is 1.52. The Morgan fingerprint density at radius 1 is 1.32 bits per heavy atom. The number of nitrogens with one attached hydrogen (secondary N) is 1. The summed E-state index contributed by atoms with van der Waals surface area (Å²) in [6.45, 7) is 2.95. The average molecular weight is 263 g/mol. The van der Waals surface area contributed by atoms with Crippen LogP contribution in [0.2, 0.25) is 0 Å². The fraction of sp³-hybridized carbons (Fsp3) is 0.625. The highest BCUT2D eigenvalue weighted by atomic mass is 19.1. The van der Waals surface area contributed by atoms with E-state index in [0.717, 1.165) is 23.9 Å². The van der Waals surface area contributed by atoms with E-state index in [1.165, 1.54) is 26.4 Å². The van der Waals surface area contributed by atoms with Crippen LogP contribution >= 0.6 is 0 Å². The third kappa shape index (κ3) is 2.36. The molecule has 3 heteroatoms. The van der Waals surface area contributed by atoms with E-state index in [2.05, 4.69) is 12.2 Å². The van der Waals surface area contributed by atoms with Crippen LogP contribution < -0.4 is 10.1 Å². The molecule has 2 aliphatic rings. The lowest BCUT2D eigenvalue weighted by molar-refractivity contribution is 0.328. The molecular formula is C16H22FNO. The molecule has 1 N–H and O–H groups in total. The summed E-state index contributed by atoms with van der Waals surface area (Å²) in [5, 5.41) is 3.48. The first-order valence-corrected chi connectivity index (χ1v) is 7.30. The van der Waals surface area contributed by atoms with Crippen LogP contribution in [0, 0.1) is 23.6 Å². The van der Waals surface area contributed by atoms with Gasteiger partial charge in [-0.2, -0.15) is 0 Å². The van der Waals surface area contributed by atoms with Crippen LogP contribution in [0.25, 0.3) is 0 Å². The molecule has 2 saturated carbocycles. The Morgan fingerprint density at radius 3 is 2.68 bits per heavy atom. The molecule has 0 amide bonds. The van der Waals surface area contributed by atoms with Crippen LogP contribution in [-0.2, 0) is 0 Å². The van der Waals surface area contributed by atoms with Crippen LogP contribution in [0.1, 0.15) is 37.8 Å². The maximum atomic E-state index is 14.4. The summed E-state index contributed by atoms with van der Waals surface area (Å²) in [6, 6.07) is 5.60. The highest BCUT2D eigenvalue weighted by Gasteiger charge is 2.48. The monoisotopic (exact) mass is 263 g/mol. The van der Waals surface area contributed by atoms with Crippen molar-refractivity contribution in [3.8, 4) is 5.75 Å². The number of hydrogen-bond acceptors (Lipinski definition) is 2. The van der Waals surface area contributed by atoms with Gasteiger partial charge in [0.05, 0.1) is 7.11 Å². The minimum atomic E-state index is -0.198. The quantitative estimate of drug-likeness (QED) is 0.877. The van der Waals surface area contributed by atoms with Crippen molar-refractivity contribution < 1.29 is 9.13 Å². The molecule has 0 bridgehead atoms. The topological polar surface area (TPSA) is 21.3 Å². The molecule has 3 atom stereocenters. The first-order chi connectivity index (χ1) is 9.24. The normalized spacial score (nSPS) is 29.9. The van der Waals surface area contributed by atoms with Crippen LogP contribution in [0.5, 0.6) is 5.75 Å². The molecule has 2 fully saturated rings. The number of methoxy groups -OCH3 is 1. The van der Waals surface area contributed by atoms with Crippen molar-refractivity contribution in [2.45, 2.75) is 32.2 Å². The predicted molar refractivity (Wildman–Crippen MR) is 73.7 cm³/mol. The summed E-state index contributed by atoms with van der Waals surface area (Å²) >= 11 is 0. The number of halogens is 1. The minimum Gasteiger partial charge on any atom is -0.494 e. The lowest BCUT2D eigenvalue weighted by Gasteiger charge is -2.27. The van der Waals surface area contributed by atoms with E-state index in [0.29, 0.717) is 11.7 Å². The average Bonchev–Trinajstić information content (AvgIpc) is 3.03. The molecular weight excluding hydrogens is 241 g/mol.